The molecule has 0 amide bonds. The second-order valence-corrected chi connectivity index (χ2v) is 9.86. The number of aliphatic hydroxyl groups excluding tert-OH is 1. The molecule has 0 fully saturated rings. The summed E-state index contributed by atoms with van der Waals surface area (Å²) in [7, 11) is -3.97. The van der Waals surface area contributed by atoms with E-state index in [0.717, 1.165) is 19.3 Å². The summed E-state index contributed by atoms with van der Waals surface area (Å²) in [5.41, 5.74) is 0. The van der Waals surface area contributed by atoms with Gasteiger partial charge in [-0.3, -0.25) is 4.55 Å². The predicted octanol–water partition coefficient (Wildman–Crippen LogP) is 6.67. The van der Waals surface area contributed by atoms with Crippen molar-refractivity contribution in [1.82, 2.24) is 0 Å². The van der Waals surface area contributed by atoms with E-state index in [4.69, 9.17) is 4.55 Å². The zero-order valence-electron chi connectivity index (χ0n) is 18.0. The highest BCUT2D eigenvalue weighted by Gasteiger charge is 2.21. The first-order chi connectivity index (χ1) is 12.9. The third-order valence-electron chi connectivity index (χ3n) is 5.59. The summed E-state index contributed by atoms with van der Waals surface area (Å²) in [6, 6.07) is 0. The minimum Gasteiger partial charge on any atom is -0.393 e. The Morgan fingerprint density at radius 1 is 0.630 bits per heavy atom. The molecule has 0 heterocycles. The zero-order valence-corrected chi connectivity index (χ0v) is 18.8. The molecule has 0 spiro atoms. The summed E-state index contributed by atoms with van der Waals surface area (Å²) in [5.74, 6) is 0. The maximum atomic E-state index is 11.1. The number of aliphatic hydroxyl groups is 1. The lowest BCUT2D eigenvalue weighted by Crippen LogP contribution is -2.21. The average molecular weight is 407 g/mol. The van der Waals surface area contributed by atoms with Crippen LogP contribution in [0.25, 0.3) is 0 Å². The van der Waals surface area contributed by atoms with Crippen molar-refractivity contribution in [2.24, 2.45) is 0 Å². The summed E-state index contributed by atoms with van der Waals surface area (Å²) in [5, 5.41) is 9.24. The van der Waals surface area contributed by atoms with Crippen molar-refractivity contribution in [3.8, 4) is 0 Å². The van der Waals surface area contributed by atoms with Crippen LogP contribution in [0.2, 0.25) is 0 Å². The molecule has 0 aliphatic rings. The van der Waals surface area contributed by atoms with Crippen LogP contribution in [0.15, 0.2) is 0 Å². The van der Waals surface area contributed by atoms with Crippen LogP contribution in [0, 0.1) is 0 Å². The molecule has 2 unspecified atom stereocenters. The number of hydrogen-bond donors (Lipinski definition) is 2. The van der Waals surface area contributed by atoms with Crippen molar-refractivity contribution in [2.75, 3.05) is 0 Å². The topological polar surface area (TPSA) is 74.6 Å². The van der Waals surface area contributed by atoms with E-state index in [1.807, 2.05) is 0 Å². The molecule has 0 saturated carbocycles. The van der Waals surface area contributed by atoms with Gasteiger partial charge < -0.3 is 5.11 Å². The number of rotatable bonds is 20. The summed E-state index contributed by atoms with van der Waals surface area (Å²) >= 11 is 0. The van der Waals surface area contributed by atoms with Gasteiger partial charge in [-0.15, -0.1) is 0 Å². The van der Waals surface area contributed by atoms with E-state index in [1.165, 1.54) is 77.0 Å². The molecule has 27 heavy (non-hydrogen) atoms. The molecule has 0 aromatic rings. The van der Waals surface area contributed by atoms with Crippen molar-refractivity contribution in [1.29, 1.82) is 0 Å². The predicted molar refractivity (Wildman–Crippen MR) is 116 cm³/mol. The first-order valence-electron chi connectivity index (χ1n) is 11.6. The molecule has 2 N–H and O–H groups in total. The van der Waals surface area contributed by atoms with Gasteiger partial charge in [-0.05, 0) is 25.7 Å². The van der Waals surface area contributed by atoms with E-state index in [1.54, 1.807) is 6.92 Å². The van der Waals surface area contributed by atoms with E-state index < -0.39 is 21.5 Å². The molecule has 0 aliphatic heterocycles. The van der Waals surface area contributed by atoms with Gasteiger partial charge in [0.1, 0.15) is 0 Å². The molecule has 0 aromatic carbocycles. The van der Waals surface area contributed by atoms with E-state index in [2.05, 4.69) is 6.92 Å². The van der Waals surface area contributed by atoms with Gasteiger partial charge in [0, 0.05) is 0 Å². The van der Waals surface area contributed by atoms with Crippen LogP contribution in [0.4, 0.5) is 0 Å². The van der Waals surface area contributed by atoms with Crippen LogP contribution in [0.5, 0.6) is 0 Å². The van der Waals surface area contributed by atoms with Crippen molar-refractivity contribution in [3.05, 3.63) is 0 Å². The van der Waals surface area contributed by atoms with Gasteiger partial charge in [0.2, 0.25) is 0 Å². The summed E-state index contributed by atoms with van der Waals surface area (Å²) < 4.78 is 31.4. The molecule has 0 radical (unpaired) electrons. The Balaban J connectivity index is 3.37. The average Bonchev–Trinajstić information content (AvgIpc) is 2.61. The Kier molecular flexibility index (Phi) is 17.8. The SMILES string of the molecule is CCCCCCCCCCCCCCCCC(O)CCC(CC)S(=O)(=O)O. The molecule has 2 atom stereocenters. The van der Waals surface area contributed by atoms with Gasteiger partial charge in [-0.25, -0.2) is 0 Å². The Morgan fingerprint density at radius 2 is 1.04 bits per heavy atom. The normalized spacial score (nSPS) is 14.4. The number of unbranched alkanes of at least 4 members (excludes halogenated alkanes) is 13. The van der Waals surface area contributed by atoms with E-state index in [0.29, 0.717) is 19.3 Å². The highest BCUT2D eigenvalue weighted by molar-refractivity contribution is 7.86. The van der Waals surface area contributed by atoms with Crippen LogP contribution in [-0.4, -0.2) is 29.4 Å². The van der Waals surface area contributed by atoms with Gasteiger partial charge in [0.15, 0.2) is 0 Å². The fourth-order valence-electron chi connectivity index (χ4n) is 3.66. The lowest BCUT2D eigenvalue weighted by atomic mass is 10.0. The molecule has 0 rings (SSSR count). The lowest BCUT2D eigenvalue weighted by Gasteiger charge is -2.14. The van der Waals surface area contributed by atoms with Crippen LogP contribution >= 0.6 is 0 Å². The molecule has 0 aromatic heterocycles. The molecule has 0 saturated heterocycles. The second kappa shape index (κ2) is 17.9. The summed E-state index contributed by atoms with van der Waals surface area (Å²) in [6.07, 6.45) is 19.9. The molecule has 0 aliphatic carbocycles. The molecule has 5 heteroatoms. The Bertz CT molecular complexity index is 409. The van der Waals surface area contributed by atoms with Gasteiger partial charge in [0.05, 0.1) is 11.4 Å². The highest BCUT2D eigenvalue weighted by Crippen LogP contribution is 2.17. The second-order valence-electron chi connectivity index (χ2n) is 8.16. The Labute approximate surface area is 169 Å². The zero-order chi connectivity index (χ0) is 20.4. The minimum absolute atomic E-state index is 0.342. The monoisotopic (exact) mass is 406 g/mol. The quantitative estimate of drug-likeness (QED) is 0.175. The molecular formula is C22H46O4S. The molecular weight excluding hydrogens is 360 g/mol. The molecule has 0 bridgehead atoms. The third kappa shape index (κ3) is 17.7. The van der Waals surface area contributed by atoms with Crippen molar-refractivity contribution in [3.63, 3.8) is 0 Å². The van der Waals surface area contributed by atoms with Gasteiger partial charge >= 0.3 is 0 Å². The van der Waals surface area contributed by atoms with Gasteiger partial charge in [-0.1, -0.05) is 104 Å². The molecule has 4 nitrogen and oxygen atoms in total. The maximum Gasteiger partial charge on any atom is 0.267 e. The van der Waals surface area contributed by atoms with Crippen molar-refractivity contribution in [2.45, 2.75) is 141 Å². The highest BCUT2D eigenvalue weighted by atomic mass is 32.2. The first-order valence-corrected chi connectivity index (χ1v) is 13.1. The van der Waals surface area contributed by atoms with Crippen LogP contribution in [-0.2, 0) is 10.1 Å². The fourth-order valence-corrected chi connectivity index (χ4v) is 4.52. The maximum absolute atomic E-state index is 11.1. The van der Waals surface area contributed by atoms with Crippen molar-refractivity contribution < 1.29 is 18.1 Å². The lowest BCUT2D eigenvalue weighted by molar-refractivity contribution is 0.147. The van der Waals surface area contributed by atoms with Gasteiger partial charge in [-0.2, -0.15) is 8.42 Å². The fraction of sp³-hybridized carbons (Fsp3) is 1.00. The first kappa shape index (κ1) is 26.9. The Morgan fingerprint density at radius 3 is 1.41 bits per heavy atom. The van der Waals surface area contributed by atoms with E-state index in [9.17, 15) is 13.5 Å². The van der Waals surface area contributed by atoms with Gasteiger partial charge in [0.25, 0.3) is 10.1 Å². The van der Waals surface area contributed by atoms with Crippen LogP contribution in [0.3, 0.4) is 0 Å². The smallest absolute Gasteiger partial charge is 0.267 e. The number of hydrogen-bond acceptors (Lipinski definition) is 3. The minimum atomic E-state index is -3.97. The van der Waals surface area contributed by atoms with E-state index >= 15 is 0 Å². The van der Waals surface area contributed by atoms with Crippen LogP contribution in [0.1, 0.15) is 129 Å². The molecule has 164 valence electrons. The van der Waals surface area contributed by atoms with Crippen molar-refractivity contribution >= 4 is 10.1 Å². The van der Waals surface area contributed by atoms with E-state index in [-0.39, 0.29) is 0 Å². The standard InChI is InChI=1S/C22H46O4S/c1-3-5-6-7-8-9-10-11-12-13-14-15-16-17-18-21(23)19-20-22(4-2)27(24,25)26/h21-23H,3-20H2,1-2H3,(H,24,25,26). The third-order valence-corrected chi connectivity index (χ3v) is 7.00. The summed E-state index contributed by atoms with van der Waals surface area (Å²) in [4.78, 5) is 0. The Hall–Kier alpha value is -0.130. The van der Waals surface area contributed by atoms with Crippen LogP contribution < -0.4 is 0 Å². The summed E-state index contributed by atoms with van der Waals surface area (Å²) in [6.45, 7) is 4.01. The largest absolute Gasteiger partial charge is 0.393 e.